The van der Waals surface area contributed by atoms with Crippen LogP contribution in [0.25, 0.3) is 0 Å². The van der Waals surface area contributed by atoms with Crippen molar-refractivity contribution in [3.05, 3.63) is 0 Å². The van der Waals surface area contributed by atoms with Gasteiger partial charge in [0, 0.05) is 5.75 Å². The molecule has 0 saturated heterocycles. The lowest BCUT2D eigenvalue weighted by atomic mass is 9.72. The number of aliphatic carboxylic acids is 1. The van der Waals surface area contributed by atoms with Gasteiger partial charge in [0.1, 0.15) is 5.94 Å². The molecule has 1 N–H and O–H groups in total. The Balaban J connectivity index is 5.53. The molecule has 0 amide bonds. The van der Waals surface area contributed by atoms with E-state index in [0.29, 0.717) is 6.42 Å². The number of carbonyl (C=O) groups is 4. The largest absolute Gasteiger partial charge is 0.481 e. The van der Waals surface area contributed by atoms with E-state index >= 15 is 0 Å². The number of hydrogen-bond acceptors (Lipinski definition) is 8. The number of rotatable bonds is 17. The molecular formula is C27H42F6O8S. The van der Waals surface area contributed by atoms with Crippen LogP contribution in [0.15, 0.2) is 0 Å². The van der Waals surface area contributed by atoms with Crippen LogP contribution in [0.3, 0.4) is 0 Å². The van der Waals surface area contributed by atoms with Crippen molar-refractivity contribution in [3.63, 3.8) is 0 Å². The Kier molecular flexibility index (Phi) is 14.2. The number of carboxylic acids is 1. The van der Waals surface area contributed by atoms with E-state index in [4.69, 9.17) is 9.47 Å². The fourth-order valence-corrected chi connectivity index (χ4v) is 5.18. The Hall–Kier alpha value is -2.19. The Morgan fingerprint density at radius 3 is 1.67 bits per heavy atom. The van der Waals surface area contributed by atoms with Gasteiger partial charge in [-0.25, -0.2) is 0 Å². The van der Waals surface area contributed by atoms with Crippen molar-refractivity contribution in [2.45, 2.75) is 106 Å². The molecule has 0 rings (SSSR count). The Bertz CT molecular complexity index is 936. The normalized spacial score (nSPS) is 15.9. The van der Waals surface area contributed by atoms with E-state index in [-0.39, 0.29) is 31.1 Å². The molecule has 0 aliphatic heterocycles. The third kappa shape index (κ3) is 11.8. The molecule has 0 bridgehead atoms. The maximum absolute atomic E-state index is 12.9. The summed E-state index contributed by atoms with van der Waals surface area (Å²) in [6.45, 7) is 11.6. The van der Waals surface area contributed by atoms with Crippen LogP contribution in [0.2, 0.25) is 0 Å². The minimum absolute atomic E-state index is 0.0116. The van der Waals surface area contributed by atoms with E-state index in [0.717, 1.165) is 25.1 Å². The zero-order valence-corrected chi connectivity index (χ0v) is 26.0. The number of ether oxygens (including phenoxy) is 3. The highest BCUT2D eigenvalue weighted by molar-refractivity contribution is 7.99. The predicted molar refractivity (Wildman–Crippen MR) is 142 cm³/mol. The molecule has 0 saturated carbocycles. The highest BCUT2D eigenvalue weighted by Gasteiger charge is 2.61. The number of alkyl halides is 6. The summed E-state index contributed by atoms with van der Waals surface area (Å²) in [5.74, 6) is -4.70. The van der Waals surface area contributed by atoms with Crippen molar-refractivity contribution in [2.24, 2.45) is 21.7 Å². The van der Waals surface area contributed by atoms with E-state index in [1.54, 1.807) is 0 Å². The first-order valence-corrected chi connectivity index (χ1v) is 14.4. The van der Waals surface area contributed by atoms with Crippen LogP contribution in [0.5, 0.6) is 0 Å². The van der Waals surface area contributed by atoms with Crippen LogP contribution >= 0.6 is 11.8 Å². The number of halogens is 6. The Morgan fingerprint density at radius 2 is 1.24 bits per heavy atom. The maximum Gasteiger partial charge on any atom is 0.434 e. The number of unbranched alkanes of at least 4 members (excludes halogenated alkanes) is 1. The summed E-state index contributed by atoms with van der Waals surface area (Å²) in [6.07, 6.45) is -15.5. The van der Waals surface area contributed by atoms with Crippen LogP contribution in [0, 0.1) is 21.7 Å². The lowest BCUT2D eigenvalue weighted by molar-refractivity contribution is -0.315. The highest BCUT2D eigenvalue weighted by Crippen LogP contribution is 2.43. The van der Waals surface area contributed by atoms with E-state index in [1.807, 2.05) is 6.92 Å². The third-order valence-electron chi connectivity index (χ3n) is 6.81. The van der Waals surface area contributed by atoms with Crippen molar-refractivity contribution < 1.29 is 64.8 Å². The molecule has 2 atom stereocenters. The number of hydrogen-bond donors (Lipinski definition) is 1. The van der Waals surface area contributed by atoms with Crippen molar-refractivity contribution in [3.8, 4) is 0 Å². The number of thioether (sulfide) groups is 1. The second-order valence-corrected chi connectivity index (χ2v) is 13.1. The molecule has 246 valence electrons. The van der Waals surface area contributed by atoms with Gasteiger partial charge in [0.25, 0.3) is 6.10 Å². The third-order valence-corrected chi connectivity index (χ3v) is 7.93. The number of carboxylic acid groups (broad SMARTS) is 1. The molecule has 8 nitrogen and oxygen atoms in total. The van der Waals surface area contributed by atoms with Crippen molar-refractivity contribution in [2.75, 3.05) is 18.3 Å². The second kappa shape index (κ2) is 15.0. The second-order valence-electron chi connectivity index (χ2n) is 12.2. The lowest BCUT2D eigenvalue weighted by Gasteiger charge is -2.35. The molecule has 0 aromatic heterocycles. The Morgan fingerprint density at radius 1 is 0.738 bits per heavy atom. The first kappa shape index (κ1) is 39.8. The molecular weight excluding hydrogens is 598 g/mol. The van der Waals surface area contributed by atoms with Crippen LogP contribution in [-0.4, -0.2) is 65.7 Å². The van der Waals surface area contributed by atoms with Gasteiger partial charge in [-0.2, -0.15) is 26.3 Å². The molecule has 0 aromatic rings. The van der Waals surface area contributed by atoms with Crippen molar-refractivity contribution >= 4 is 35.6 Å². The van der Waals surface area contributed by atoms with Crippen molar-refractivity contribution in [1.29, 1.82) is 0 Å². The highest BCUT2D eigenvalue weighted by atomic mass is 32.2. The molecule has 42 heavy (non-hydrogen) atoms. The summed E-state index contributed by atoms with van der Waals surface area (Å²) in [5.41, 5.74) is -5.98. The summed E-state index contributed by atoms with van der Waals surface area (Å²) < 4.78 is 92.0. The summed E-state index contributed by atoms with van der Waals surface area (Å²) in [4.78, 5) is 49.9. The van der Waals surface area contributed by atoms with E-state index in [2.05, 4.69) is 4.74 Å². The SMILES string of the molecule is CCCCOC(=O)C(C)(CSCOC(=O)C(C)(C)CC(C)(CC)C(=O)OC(C(F)(F)F)C(F)(F)F)CC(C)(C)C(=O)O. The summed E-state index contributed by atoms with van der Waals surface area (Å²) in [6, 6.07) is 0. The molecule has 0 fully saturated rings. The van der Waals surface area contributed by atoms with Crippen LogP contribution in [-0.2, 0) is 33.4 Å². The fraction of sp³-hybridized carbons (Fsp3) is 0.852. The smallest absolute Gasteiger partial charge is 0.434 e. The number of esters is 3. The molecule has 0 aliphatic carbocycles. The van der Waals surface area contributed by atoms with E-state index < -0.39 is 70.4 Å². The standard InChI is InChI=1S/C27H42F6O8S/c1-9-11-12-39-20(37)25(8,13-22(3,4)18(34)35)15-42-16-40-19(36)23(5,6)14-24(7,10-2)21(38)41-17(26(28,29)30)27(31,32)33/h17H,9-16H2,1-8H3,(H,34,35). The molecule has 0 aliphatic rings. The van der Waals surface area contributed by atoms with Gasteiger partial charge in [0.15, 0.2) is 0 Å². The van der Waals surface area contributed by atoms with Crippen LogP contribution in [0.1, 0.15) is 87.5 Å². The minimum Gasteiger partial charge on any atom is -0.481 e. The first-order chi connectivity index (χ1) is 18.8. The van der Waals surface area contributed by atoms with Gasteiger partial charge in [-0.3, -0.25) is 19.2 Å². The quantitative estimate of drug-likeness (QED) is 0.0593. The van der Waals surface area contributed by atoms with Gasteiger partial charge < -0.3 is 19.3 Å². The molecule has 0 heterocycles. The van der Waals surface area contributed by atoms with Gasteiger partial charge >= 0.3 is 36.2 Å². The summed E-state index contributed by atoms with van der Waals surface area (Å²) >= 11 is 0.990. The van der Waals surface area contributed by atoms with Gasteiger partial charge in [0.2, 0.25) is 0 Å². The molecule has 15 heteroatoms. The van der Waals surface area contributed by atoms with Gasteiger partial charge in [0.05, 0.1) is 28.3 Å². The predicted octanol–water partition coefficient (Wildman–Crippen LogP) is 6.94. The van der Waals surface area contributed by atoms with Gasteiger partial charge in [-0.1, -0.05) is 20.3 Å². The monoisotopic (exact) mass is 640 g/mol. The first-order valence-electron chi connectivity index (χ1n) is 13.3. The summed E-state index contributed by atoms with van der Waals surface area (Å²) in [7, 11) is 0. The van der Waals surface area contributed by atoms with E-state index in [9.17, 15) is 50.6 Å². The lowest BCUT2D eigenvalue weighted by Crippen LogP contribution is -2.48. The zero-order chi connectivity index (χ0) is 33.4. The van der Waals surface area contributed by atoms with Crippen LogP contribution in [0.4, 0.5) is 26.3 Å². The van der Waals surface area contributed by atoms with Gasteiger partial charge in [-0.05, 0) is 67.2 Å². The average Bonchev–Trinajstić information content (AvgIpc) is 2.82. The van der Waals surface area contributed by atoms with Gasteiger partial charge in [-0.15, -0.1) is 11.8 Å². The average molecular weight is 641 g/mol. The Labute approximate surface area is 246 Å². The molecule has 0 aromatic carbocycles. The summed E-state index contributed by atoms with van der Waals surface area (Å²) in [5, 5.41) is 9.54. The molecule has 0 spiro atoms. The zero-order valence-electron chi connectivity index (χ0n) is 25.2. The number of carbonyl (C=O) groups excluding carboxylic acids is 3. The van der Waals surface area contributed by atoms with Crippen molar-refractivity contribution in [1.82, 2.24) is 0 Å². The molecule has 0 radical (unpaired) electrons. The minimum atomic E-state index is -5.88. The maximum atomic E-state index is 12.9. The van der Waals surface area contributed by atoms with E-state index in [1.165, 1.54) is 41.5 Å². The molecule has 2 unspecified atom stereocenters. The van der Waals surface area contributed by atoms with Crippen LogP contribution < -0.4 is 0 Å². The topological polar surface area (TPSA) is 116 Å². The fourth-order valence-electron chi connectivity index (χ4n) is 4.23.